The van der Waals surface area contributed by atoms with E-state index in [0.29, 0.717) is 17.8 Å². The molecular formula is C31H33ClN6O4S. The topological polar surface area (TPSA) is 127 Å². The lowest BCUT2D eigenvalue weighted by molar-refractivity contribution is 0.0509. The molecule has 10 nitrogen and oxygen atoms in total. The number of nitrogens with zero attached hydrogens (tertiary/aromatic N) is 5. The number of carbonyl (C=O) groups excluding carboxylic acids is 1. The highest BCUT2D eigenvalue weighted by Crippen LogP contribution is 2.31. The maximum absolute atomic E-state index is 14.2. The number of benzene rings is 2. The molecule has 1 amide bonds. The number of carbonyl (C=O) groups is 1. The van der Waals surface area contributed by atoms with Gasteiger partial charge in [-0.05, 0) is 55.0 Å². The SMILES string of the molecule is Cc1cccc(C)c1-c1cc2nc(n1)NS(=O)(=O)c1cccc(c1)C(=O)N(Cc1cncc(Cl)n1)C(CC(C)(C)C)CO2. The molecule has 43 heavy (non-hydrogen) atoms. The van der Waals surface area contributed by atoms with Crippen LogP contribution in [0.25, 0.3) is 11.3 Å². The summed E-state index contributed by atoms with van der Waals surface area (Å²) in [6.45, 7) is 10.3. The Morgan fingerprint density at radius 2 is 1.74 bits per heavy atom. The third-order valence-electron chi connectivity index (χ3n) is 7.02. The van der Waals surface area contributed by atoms with E-state index in [-0.39, 0.29) is 51.9 Å². The van der Waals surface area contributed by atoms with Crippen molar-refractivity contribution >= 4 is 33.5 Å². The lowest BCUT2D eigenvalue weighted by Crippen LogP contribution is -2.45. The molecule has 1 N–H and O–H groups in total. The maximum Gasteiger partial charge on any atom is 0.264 e. The highest BCUT2D eigenvalue weighted by molar-refractivity contribution is 7.92. The minimum atomic E-state index is -4.17. The summed E-state index contributed by atoms with van der Waals surface area (Å²) in [6, 6.07) is 13.0. The van der Waals surface area contributed by atoms with Crippen LogP contribution in [0.4, 0.5) is 5.95 Å². The first-order valence-corrected chi connectivity index (χ1v) is 15.6. The lowest BCUT2D eigenvalue weighted by atomic mass is 9.87. The largest absolute Gasteiger partial charge is 0.475 e. The van der Waals surface area contributed by atoms with E-state index in [1.165, 1.54) is 24.4 Å². The Labute approximate surface area is 256 Å². The molecule has 0 saturated heterocycles. The van der Waals surface area contributed by atoms with Crippen LogP contribution in [0, 0.1) is 19.3 Å². The molecule has 1 aliphatic rings. The summed E-state index contributed by atoms with van der Waals surface area (Å²) in [5, 5.41) is 0.200. The molecule has 0 spiro atoms. The highest BCUT2D eigenvalue weighted by Gasteiger charge is 2.32. The number of rotatable bonds is 4. The fraction of sp³-hybridized carbons (Fsp3) is 0.323. The predicted octanol–water partition coefficient (Wildman–Crippen LogP) is 5.84. The van der Waals surface area contributed by atoms with Gasteiger partial charge in [-0.15, -0.1) is 0 Å². The Morgan fingerprint density at radius 3 is 2.44 bits per heavy atom. The summed E-state index contributed by atoms with van der Waals surface area (Å²) in [5.41, 5.74) is 3.77. The number of halogens is 1. The molecular weight excluding hydrogens is 588 g/mol. The molecule has 0 fully saturated rings. The molecule has 224 valence electrons. The predicted molar refractivity (Wildman–Crippen MR) is 164 cm³/mol. The first-order valence-electron chi connectivity index (χ1n) is 13.8. The maximum atomic E-state index is 14.2. The van der Waals surface area contributed by atoms with Gasteiger partial charge < -0.3 is 9.64 Å². The highest BCUT2D eigenvalue weighted by atomic mass is 35.5. The van der Waals surface area contributed by atoms with Crippen molar-refractivity contribution in [3.63, 3.8) is 0 Å². The zero-order valence-corrected chi connectivity index (χ0v) is 26.2. The van der Waals surface area contributed by atoms with Crippen LogP contribution in [-0.2, 0) is 16.6 Å². The van der Waals surface area contributed by atoms with Crippen LogP contribution in [0.1, 0.15) is 54.4 Å². The molecule has 1 aliphatic heterocycles. The fourth-order valence-electron chi connectivity index (χ4n) is 5.18. The van der Waals surface area contributed by atoms with E-state index in [2.05, 4.69) is 45.4 Å². The molecule has 12 heteroatoms. The minimum absolute atomic E-state index is 0.0755. The summed E-state index contributed by atoms with van der Waals surface area (Å²) in [5.74, 6) is -0.348. The first-order chi connectivity index (χ1) is 20.3. The molecule has 2 aromatic heterocycles. The molecule has 2 aromatic carbocycles. The number of fused-ring (bicyclic) bond motifs is 4. The van der Waals surface area contributed by atoms with Crippen molar-refractivity contribution in [2.24, 2.45) is 5.41 Å². The van der Waals surface area contributed by atoms with Gasteiger partial charge in [-0.3, -0.25) is 9.78 Å². The third-order valence-corrected chi connectivity index (χ3v) is 8.53. The van der Waals surface area contributed by atoms with Crippen molar-refractivity contribution in [2.45, 2.75) is 58.5 Å². The number of nitrogens with one attached hydrogen (secondary N) is 1. The Morgan fingerprint density at radius 1 is 1.02 bits per heavy atom. The van der Waals surface area contributed by atoms with Crippen molar-refractivity contribution in [1.82, 2.24) is 24.8 Å². The summed E-state index contributed by atoms with van der Waals surface area (Å²) in [4.78, 5) is 33.2. The third kappa shape index (κ3) is 7.11. The zero-order valence-electron chi connectivity index (χ0n) is 24.6. The molecule has 4 aromatic rings. The van der Waals surface area contributed by atoms with Gasteiger partial charge in [0.2, 0.25) is 11.8 Å². The quantitative estimate of drug-likeness (QED) is 0.301. The van der Waals surface area contributed by atoms with Crippen LogP contribution < -0.4 is 9.46 Å². The second kappa shape index (κ2) is 11.9. The minimum Gasteiger partial charge on any atom is -0.475 e. The molecule has 1 unspecified atom stereocenters. The smallest absolute Gasteiger partial charge is 0.264 e. The van der Waals surface area contributed by atoms with Gasteiger partial charge in [0, 0.05) is 17.2 Å². The lowest BCUT2D eigenvalue weighted by Gasteiger charge is -2.35. The number of amides is 1. The number of aryl methyl sites for hydroxylation is 2. The average molecular weight is 621 g/mol. The van der Waals surface area contributed by atoms with Crippen molar-refractivity contribution in [2.75, 3.05) is 11.3 Å². The Kier molecular flexibility index (Phi) is 8.40. The second-order valence-corrected chi connectivity index (χ2v) is 13.9. The number of aromatic nitrogens is 4. The van der Waals surface area contributed by atoms with Gasteiger partial charge in [0.15, 0.2) is 0 Å². The molecule has 5 rings (SSSR count). The van der Waals surface area contributed by atoms with Gasteiger partial charge >= 0.3 is 0 Å². The van der Waals surface area contributed by atoms with E-state index in [9.17, 15) is 13.2 Å². The van der Waals surface area contributed by atoms with Crippen LogP contribution >= 0.6 is 11.6 Å². The Hall–Kier alpha value is -4.09. The number of anilines is 1. The van der Waals surface area contributed by atoms with Gasteiger partial charge in [-0.25, -0.2) is 23.1 Å². The monoisotopic (exact) mass is 620 g/mol. The number of hydrogen-bond donors (Lipinski definition) is 1. The summed E-state index contributed by atoms with van der Waals surface area (Å²) in [7, 11) is -4.17. The number of hydrogen-bond acceptors (Lipinski definition) is 8. The fourth-order valence-corrected chi connectivity index (χ4v) is 6.33. The van der Waals surface area contributed by atoms with Gasteiger partial charge in [0.25, 0.3) is 15.9 Å². The van der Waals surface area contributed by atoms with Crippen LogP contribution in [-0.4, -0.2) is 51.8 Å². The zero-order chi connectivity index (χ0) is 30.9. The number of ether oxygens (including phenoxy) is 1. The van der Waals surface area contributed by atoms with E-state index in [1.54, 1.807) is 23.2 Å². The van der Waals surface area contributed by atoms with Crippen molar-refractivity contribution in [1.29, 1.82) is 0 Å². The molecule has 0 aliphatic carbocycles. The van der Waals surface area contributed by atoms with Crippen molar-refractivity contribution < 1.29 is 17.9 Å². The van der Waals surface area contributed by atoms with Crippen LogP contribution in [0.3, 0.4) is 0 Å². The summed E-state index contributed by atoms with van der Waals surface area (Å²) in [6.07, 6.45) is 3.53. The van der Waals surface area contributed by atoms with E-state index in [1.807, 2.05) is 32.0 Å². The second-order valence-electron chi connectivity index (χ2n) is 11.8. The van der Waals surface area contributed by atoms with Crippen molar-refractivity contribution in [3.8, 4) is 17.1 Å². The molecule has 4 bridgehead atoms. The van der Waals surface area contributed by atoms with Gasteiger partial charge in [-0.1, -0.05) is 56.6 Å². The van der Waals surface area contributed by atoms with Crippen LogP contribution in [0.5, 0.6) is 5.88 Å². The molecule has 3 heterocycles. The van der Waals surface area contributed by atoms with E-state index in [0.717, 1.165) is 16.7 Å². The first kappa shape index (κ1) is 30.4. The van der Waals surface area contributed by atoms with Crippen LogP contribution in [0.15, 0.2) is 65.8 Å². The van der Waals surface area contributed by atoms with Gasteiger partial charge in [0.05, 0.1) is 41.3 Å². The van der Waals surface area contributed by atoms with E-state index >= 15 is 0 Å². The summed E-state index contributed by atoms with van der Waals surface area (Å²) >= 11 is 6.13. The van der Waals surface area contributed by atoms with E-state index in [4.69, 9.17) is 16.3 Å². The summed E-state index contributed by atoms with van der Waals surface area (Å²) < 4.78 is 35.8. The molecule has 1 atom stereocenters. The van der Waals surface area contributed by atoms with Crippen molar-refractivity contribution in [3.05, 3.63) is 88.5 Å². The van der Waals surface area contributed by atoms with E-state index < -0.39 is 16.1 Å². The Balaban J connectivity index is 1.68. The van der Waals surface area contributed by atoms with Gasteiger partial charge in [-0.2, -0.15) is 4.98 Å². The Bertz CT molecular complexity index is 1770. The average Bonchev–Trinajstić information content (AvgIpc) is 2.92. The van der Waals surface area contributed by atoms with Crippen LogP contribution in [0.2, 0.25) is 5.15 Å². The van der Waals surface area contributed by atoms with Gasteiger partial charge in [0.1, 0.15) is 11.8 Å². The molecule has 0 radical (unpaired) electrons. The standard InChI is InChI=1S/C31H33ClN6O4S/c1-19-8-6-9-20(2)28(19)25-13-27-36-30(35-25)37-43(40,41)24-11-7-10-21(12-24)29(39)38(17-22-15-33-16-26(32)34-22)23(18-42-27)14-31(3,4)5/h6-13,15-16,23H,14,17-18H2,1-5H3,(H,35,36,37). The molecule has 0 saturated carbocycles. The normalized spacial score (nSPS) is 16.7. The number of sulfonamides is 1.